The van der Waals surface area contributed by atoms with Crippen molar-refractivity contribution in [2.45, 2.75) is 0 Å². The Hall–Kier alpha value is -1.99. The fourth-order valence-electron chi connectivity index (χ4n) is 2.27. The summed E-state index contributed by atoms with van der Waals surface area (Å²) in [4.78, 5) is 21.1. The minimum atomic E-state index is -0.339. The molecule has 0 saturated carbocycles. The largest absolute Gasteiger partial charge is 0.306 e. The number of rotatable bonds is 3. The Balaban J connectivity index is 1.55. The lowest BCUT2D eigenvalue weighted by molar-refractivity contribution is 0.102. The standard InChI is InChI=1S/C17H9Cl2N3OS2/c18-13-7-10(15(19)25-13)16(23)22-14-6-5-9(8-20-14)17-21-11-3-1-2-4-12(11)24-17/h1-8H,(H,20,22,23). The van der Waals surface area contributed by atoms with Crippen molar-refractivity contribution >= 4 is 67.8 Å². The Morgan fingerprint density at radius 3 is 2.60 bits per heavy atom. The average Bonchev–Trinajstić information content (AvgIpc) is 3.18. The molecule has 0 radical (unpaired) electrons. The highest BCUT2D eigenvalue weighted by Crippen LogP contribution is 2.32. The molecule has 0 spiro atoms. The summed E-state index contributed by atoms with van der Waals surface area (Å²) in [5, 5.41) is 3.60. The van der Waals surface area contributed by atoms with Crippen molar-refractivity contribution in [2.75, 3.05) is 5.32 Å². The molecule has 1 amide bonds. The zero-order valence-electron chi connectivity index (χ0n) is 12.5. The lowest BCUT2D eigenvalue weighted by Crippen LogP contribution is -2.12. The fourth-order valence-corrected chi connectivity index (χ4v) is 4.68. The zero-order valence-corrected chi connectivity index (χ0v) is 15.6. The van der Waals surface area contributed by atoms with Crippen LogP contribution in [0.1, 0.15) is 10.4 Å². The van der Waals surface area contributed by atoms with Gasteiger partial charge in [-0.2, -0.15) is 0 Å². The predicted molar refractivity (Wildman–Crippen MR) is 105 cm³/mol. The first-order valence-corrected chi connectivity index (χ1v) is 9.57. The van der Waals surface area contributed by atoms with Gasteiger partial charge < -0.3 is 5.32 Å². The van der Waals surface area contributed by atoms with E-state index in [-0.39, 0.29) is 5.91 Å². The summed E-state index contributed by atoms with van der Waals surface area (Å²) in [6, 6.07) is 13.1. The van der Waals surface area contributed by atoms with Crippen molar-refractivity contribution in [1.82, 2.24) is 9.97 Å². The van der Waals surface area contributed by atoms with Gasteiger partial charge in [-0.05, 0) is 30.3 Å². The molecule has 8 heteroatoms. The molecule has 0 aliphatic carbocycles. The van der Waals surface area contributed by atoms with Crippen molar-refractivity contribution in [2.24, 2.45) is 0 Å². The molecule has 0 bridgehead atoms. The maximum Gasteiger partial charge on any atom is 0.259 e. The molecular formula is C17H9Cl2N3OS2. The molecule has 25 heavy (non-hydrogen) atoms. The monoisotopic (exact) mass is 405 g/mol. The van der Waals surface area contributed by atoms with Crippen LogP contribution in [0.3, 0.4) is 0 Å². The number of thiazole rings is 1. The highest BCUT2D eigenvalue weighted by Gasteiger charge is 2.15. The summed E-state index contributed by atoms with van der Waals surface area (Å²) in [7, 11) is 0. The van der Waals surface area contributed by atoms with Crippen molar-refractivity contribution in [3.05, 3.63) is 62.9 Å². The van der Waals surface area contributed by atoms with E-state index in [9.17, 15) is 4.79 Å². The van der Waals surface area contributed by atoms with Crippen LogP contribution in [0.4, 0.5) is 5.82 Å². The van der Waals surface area contributed by atoms with Crippen LogP contribution in [0, 0.1) is 0 Å². The SMILES string of the molecule is O=C(Nc1ccc(-c2nc3ccccc3s2)cn1)c1cc(Cl)sc1Cl. The van der Waals surface area contributed by atoms with Crippen molar-refractivity contribution in [3.63, 3.8) is 0 Å². The van der Waals surface area contributed by atoms with Gasteiger partial charge in [-0.1, -0.05) is 35.3 Å². The van der Waals surface area contributed by atoms with E-state index in [0.717, 1.165) is 32.1 Å². The van der Waals surface area contributed by atoms with Gasteiger partial charge in [0.05, 0.1) is 20.1 Å². The molecule has 0 fully saturated rings. The van der Waals surface area contributed by atoms with Crippen LogP contribution >= 0.6 is 45.9 Å². The fraction of sp³-hybridized carbons (Fsp3) is 0. The molecule has 0 atom stereocenters. The Morgan fingerprint density at radius 2 is 1.92 bits per heavy atom. The van der Waals surface area contributed by atoms with Crippen LogP contribution in [-0.4, -0.2) is 15.9 Å². The zero-order chi connectivity index (χ0) is 17.4. The summed E-state index contributed by atoms with van der Waals surface area (Å²) in [6.07, 6.45) is 1.69. The smallest absolute Gasteiger partial charge is 0.259 e. The summed E-state index contributed by atoms with van der Waals surface area (Å²) in [5.41, 5.74) is 2.20. The molecule has 0 aliphatic rings. The number of nitrogens with zero attached hydrogens (tertiary/aromatic N) is 2. The van der Waals surface area contributed by atoms with Gasteiger partial charge in [0, 0.05) is 11.8 Å². The maximum absolute atomic E-state index is 12.2. The molecule has 1 aromatic carbocycles. The topological polar surface area (TPSA) is 54.9 Å². The van der Waals surface area contributed by atoms with E-state index >= 15 is 0 Å². The van der Waals surface area contributed by atoms with Crippen LogP contribution in [0.25, 0.3) is 20.8 Å². The van der Waals surface area contributed by atoms with Crippen LogP contribution in [0.2, 0.25) is 8.67 Å². The number of carbonyl (C=O) groups excluding carboxylic acids is 1. The lowest BCUT2D eigenvalue weighted by Gasteiger charge is -2.04. The highest BCUT2D eigenvalue weighted by molar-refractivity contribution is 7.21. The van der Waals surface area contributed by atoms with Gasteiger partial charge in [-0.15, -0.1) is 22.7 Å². The molecule has 3 heterocycles. The summed E-state index contributed by atoms with van der Waals surface area (Å²) in [6.45, 7) is 0. The Labute approximate surface area is 161 Å². The van der Waals surface area contributed by atoms with Gasteiger partial charge in [0.25, 0.3) is 5.91 Å². The number of amides is 1. The van der Waals surface area contributed by atoms with Crippen LogP contribution < -0.4 is 5.32 Å². The quantitative estimate of drug-likeness (QED) is 0.455. The molecule has 1 N–H and O–H groups in total. The molecular weight excluding hydrogens is 397 g/mol. The second-order valence-electron chi connectivity index (χ2n) is 5.11. The molecule has 0 unspecified atom stereocenters. The highest BCUT2D eigenvalue weighted by atomic mass is 35.5. The molecule has 4 aromatic rings. The number of anilines is 1. The number of hydrogen-bond acceptors (Lipinski definition) is 5. The number of benzene rings is 1. The molecule has 0 saturated heterocycles. The van der Waals surface area contributed by atoms with E-state index in [1.54, 1.807) is 29.7 Å². The van der Waals surface area contributed by atoms with Crippen LogP contribution in [0.5, 0.6) is 0 Å². The third-order valence-corrected chi connectivity index (χ3v) is 6.02. The lowest BCUT2D eigenvalue weighted by atomic mass is 10.3. The second kappa shape index (κ2) is 6.72. The minimum absolute atomic E-state index is 0.339. The number of hydrogen-bond donors (Lipinski definition) is 1. The minimum Gasteiger partial charge on any atom is -0.306 e. The summed E-state index contributed by atoms with van der Waals surface area (Å²) in [5.74, 6) is 0.0987. The number of carbonyl (C=O) groups is 1. The number of nitrogens with one attached hydrogen (secondary N) is 1. The van der Waals surface area contributed by atoms with Gasteiger partial charge in [0.1, 0.15) is 15.2 Å². The van der Waals surface area contributed by atoms with Gasteiger partial charge in [0.2, 0.25) is 0 Å². The van der Waals surface area contributed by atoms with Gasteiger partial charge in [-0.3, -0.25) is 4.79 Å². The van der Waals surface area contributed by atoms with Crippen molar-refractivity contribution in [1.29, 1.82) is 0 Å². The number of fused-ring (bicyclic) bond motifs is 1. The number of thiophene rings is 1. The van der Waals surface area contributed by atoms with E-state index in [2.05, 4.69) is 15.3 Å². The van der Waals surface area contributed by atoms with Gasteiger partial charge in [-0.25, -0.2) is 9.97 Å². The van der Waals surface area contributed by atoms with Crippen molar-refractivity contribution in [3.8, 4) is 10.6 Å². The number of para-hydroxylation sites is 1. The third-order valence-electron chi connectivity index (χ3n) is 3.45. The van der Waals surface area contributed by atoms with Gasteiger partial charge in [0.15, 0.2) is 0 Å². The van der Waals surface area contributed by atoms with Crippen LogP contribution in [0.15, 0.2) is 48.7 Å². The van der Waals surface area contributed by atoms with Gasteiger partial charge >= 0.3 is 0 Å². The average molecular weight is 406 g/mol. The predicted octanol–water partition coefficient (Wildman–Crippen LogP) is 5.98. The van der Waals surface area contributed by atoms with E-state index < -0.39 is 0 Å². The molecule has 3 aromatic heterocycles. The first kappa shape index (κ1) is 16.5. The van der Waals surface area contributed by atoms with E-state index in [0.29, 0.717) is 20.1 Å². The normalized spacial score (nSPS) is 11.0. The summed E-state index contributed by atoms with van der Waals surface area (Å²) >= 11 is 14.6. The second-order valence-corrected chi connectivity index (χ2v) is 8.43. The Morgan fingerprint density at radius 1 is 1.08 bits per heavy atom. The molecule has 124 valence electrons. The number of aromatic nitrogens is 2. The number of halogens is 2. The Bertz CT molecular complexity index is 1040. The maximum atomic E-state index is 12.2. The van der Waals surface area contributed by atoms with E-state index in [4.69, 9.17) is 23.2 Å². The van der Waals surface area contributed by atoms with Crippen LogP contribution in [-0.2, 0) is 0 Å². The van der Waals surface area contributed by atoms with E-state index in [1.165, 1.54) is 0 Å². The first-order valence-electron chi connectivity index (χ1n) is 7.18. The molecule has 4 rings (SSSR count). The third kappa shape index (κ3) is 3.39. The number of pyridine rings is 1. The molecule has 4 nitrogen and oxygen atoms in total. The van der Waals surface area contributed by atoms with E-state index in [1.807, 2.05) is 30.3 Å². The molecule has 0 aliphatic heterocycles. The Kier molecular flexibility index (Phi) is 4.43. The first-order chi connectivity index (χ1) is 12.1. The summed E-state index contributed by atoms with van der Waals surface area (Å²) < 4.78 is 1.95. The van der Waals surface area contributed by atoms with Crippen molar-refractivity contribution < 1.29 is 4.79 Å².